The fourth-order valence-corrected chi connectivity index (χ4v) is 2.83. The van der Waals surface area contributed by atoms with E-state index in [2.05, 4.69) is 15.0 Å². The summed E-state index contributed by atoms with van der Waals surface area (Å²) in [5, 5.41) is 0.827. The highest BCUT2D eigenvalue weighted by molar-refractivity contribution is 5.89. The second-order valence-electron chi connectivity index (χ2n) is 6.77. The molecule has 3 aromatic heterocycles. The van der Waals surface area contributed by atoms with Gasteiger partial charge in [-0.15, -0.1) is 0 Å². The molecule has 1 amide bonds. The molecule has 0 saturated carbocycles. The minimum atomic E-state index is -2.38. The van der Waals surface area contributed by atoms with Gasteiger partial charge in [-0.2, -0.15) is 0 Å². The Morgan fingerprint density at radius 3 is 2.12 bits per heavy atom. The van der Waals surface area contributed by atoms with Crippen LogP contribution in [0.1, 0.15) is 61.5 Å². The second kappa shape index (κ2) is 13.3. The number of carbonyl (C=O) groups excluding carboxylic acids is 2. The molecule has 3 aromatic rings. The number of nitrogens with two attached hydrogens (primary N) is 1. The van der Waals surface area contributed by atoms with Gasteiger partial charge in [-0.25, -0.2) is 23.7 Å². The number of aldehydes is 1. The van der Waals surface area contributed by atoms with Crippen LogP contribution in [0.2, 0.25) is 0 Å². The quantitative estimate of drug-likeness (QED) is 0.587. The Hall–Kier alpha value is -3.27. The van der Waals surface area contributed by atoms with E-state index in [1.54, 1.807) is 16.8 Å². The number of likely N-dealkylation sites (tertiary alicyclic amines) is 1. The molecule has 1 aliphatic rings. The number of fused-ring (bicyclic) bond motifs is 1. The molecule has 4 rings (SSSR count). The number of nitrogens with zero attached hydrogens (tertiary/aromatic N) is 5. The van der Waals surface area contributed by atoms with E-state index in [1.165, 1.54) is 18.6 Å². The third kappa shape index (κ3) is 7.98. The molecule has 0 aromatic carbocycles. The molecule has 0 unspecified atom stereocenters. The van der Waals surface area contributed by atoms with Crippen molar-refractivity contribution < 1.29 is 18.4 Å². The zero-order chi connectivity index (χ0) is 25.0. The summed E-state index contributed by atoms with van der Waals surface area (Å²) in [5.74, 6) is -3.10. The van der Waals surface area contributed by atoms with E-state index in [1.807, 2.05) is 45.7 Å². The lowest BCUT2D eigenvalue weighted by molar-refractivity contribution is -0.0504. The maximum Gasteiger partial charge on any atom is 0.286 e. The maximum atomic E-state index is 12.4. The lowest BCUT2D eigenvalue weighted by Crippen LogP contribution is -2.36. The summed E-state index contributed by atoms with van der Waals surface area (Å²) in [6.45, 7) is 9.07. The lowest BCUT2D eigenvalue weighted by Gasteiger charge is -2.28. The third-order valence-corrected chi connectivity index (χ3v) is 4.54. The summed E-state index contributed by atoms with van der Waals surface area (Å²) in [5.41, 5.74) is 6.92. The SMILES string of the molecule is CC.CC.CN1CCC(F)(F)CC1.NC(=O)c1ncc(-n2ccc3cc(C=O)cnc32)cn1. The van der Waals surface area contributed by atoms with Crippen molar-refractivity contribution in [3.8, 4) is 5.69 Å². The Balaban J connectivity index is 0.000000352. The predicted molar refractivity (Wildman–Crippen MR) is 125 cm³/mol. The standard InChI is InChI=1S/C13H9N5O2.C6H11F2N.2C2H6/c14-11(20)12-15-5-10(6-16-12)18-2-1-9-3-8(7-19)4-17-13(9)18;1-9-4-2-6(7,8)3-5-9;2*1-2/h1-7H,(H2,14,20);2-5H2,1H3;2*1-2H3. The van der Waals surface area contributed by atoms with Crippen LogP contribution in [0, 0.1) is 0 Å². The molecule has 0 aliphatic carbocycles. The van der Waals surface area contributed by atoms with E-state index in [9.17, 15) is 18.4 Å². The van der Waals surface area contributed by atoms with Gasteiger partial charge >= 0.3 is 0 Å². The van der Waals surface area contributed by atoms with Crippen molar-refractivity contribution in [2.75, 3.05) is 20.1 Å². The number of primary amides is 1. The Kier molecular flexibility index (Phi) is 11.2. The maximum absolute atomic E-state index is 12.4. The summed E-state index contributed by atoms with van der Waals surface area (Å²) >= 11 is 0. The Morgan fingerprint density at radius 1 is 1.06 bits per heavy atom. The Labute approximate surface area is 192 Å². The number of rotatable bonds is 3. The van der Waals surface area contributed by atoms with Gasteiger partial charge in [-0.3, -0.25) is 14.2 Å². The predicted octanol–water partition coefficient (Wildman–Crippen LogP) is 4.13. The van der Waals surface area contributed by atoms with Crippen LogP contribution in [-0.2, 0) is 0 Å². The van der Waals surface area contributed by atoms with E-state index >= 15 is 0 Å². The van der Waals surface area contributed by atoms with Gasteiger partial charge in [0.25, 0.3) is 11.8 Å². The van der Waals surface area contributed by atoms with Crippen LogP contribution in [0.25, 0.3) is 16.7 Å². The molecule has 1 saturated heterocycles. The van der Waals surface area contributed by atoms with Crippen LogP contribution in [0.15, 0.2) is 36.9 Å². The van der Waals surface area contributed by atoms with Gasteiger partial charge in [0.05, 0.1) is 18.1 Å². The molecule has 2 N–H and O–H groups in total. The number of aromatic nitrogens is 4. The number of carbonyl (C=O) groups is 2. The van der Waals surface area contributed by atoms with Gasteiger partial charge in [0.1, 0.15) is 5.65 Å². The summed E-state index contributed by atoms with van der Waals surface area (Å²) in [6, 6.07) is 3.57. The van der Waals surface area contributed by atoms with Crippen LogP contribution in [-0.4, -0.2) is 62.7 Å². The molecule has 0 bridgehead atoms. The van der Waals surface area contributed by atoms with E-state index in [-0.39, 0.29) is 18.7 Å². The van der Waals surface area contributed by atoms with Gasteiger partial charge in [0, 0.05) is 49.3 Å². The van der Waals surface area contributed by atoms with Crippen LogP contribution in [0.4, 0.5) is 8.78 Å². The molecule has 0 spiro atoms. The average Bonchev–Trinajstić information content (AvgIpc) is 3.27. The van der Waals surface area contributed by atoms with Crippen LogP contribution >= 0.6 is 0 Å². The van der Waals surface area contributed by atoms with Crippen molar-refractivity contribution >= 4 is 23.2 Å². The summed E-state index contributed by atoms with van der Waals surface area (Å²) in [6.07, 6.45) is 7.06. The van der Waals surface area contributed by atoms with Crippen molar-refractivity contribution in [2.45, 2.75) is 46.5 Å². The molecular formula is C23H32F2N6O2. The molecule has 1 aliphatic heterocycles. The summed E-state index contributed by atoms with van der Waals surface area (Å²) in [4.78, 5) is 35.6. The van der Waals surface area contributed by atoms with E-state index in [0.717, 1.165) is 11.7 Å². The number of pyridine rings is 1. The number of alkyl halides is 2. The molecule has 0 atom stereocenters. The largest absolute Gasteiger partial charge is 0.363 e. The molecule has 180 valence electrons. The Bertz CT molecular complexity index is 1010. The van der Waals surface area contributed by atoms with Crippen LogP contribution in [0.3, 0.4) is 0 Å². The van der Waals surface area contributed by atoms with Gasteiger partial charge in [-0.1, -0.05) is 27.7 Å². The number of amides is 1. The number of piperidine rings is 1. The zero-order valence-corrected chi connectivity index (χ0v) is 19.8. The van der Waals surface area contributed by atoms with Crippen molar-refractivity contribution in [1.82, 2.24) is 24.4 Å². The molecule has 1 fully saturated rings. The number of hydrogen-bond acceptors (Lipinski definition) is 6. The molecule has 4 heterocycles. The topological polar surface area (TPSA) is 107 Å². The fraction of sp³-hybridized carbons (Fsp3) is 0.435. The van der Waals surface area contributed by atoms with Gasteiger partial charge in [-0.05, 0) is 19.2 Å². The summed E-state index contributed by atoms with van der Waals surface area (Å²) in [7, 11) is 1.87. The first-order valence-corrected chi connectivity index (χ1v) is 10.9. The van der Waals surface area contributed by atoms with E-state index < -0.39 is 11.8 Å². The first-order valence-electron chi connectivity index (χ1n) is 10.9. The highest BCUT2D eigenvalue weighted by Crippen LogP contribution is 2.26. The van der Waals surface area contributed by atoms with Crippen molar-refractivity contribution in [3.05, 3.63) is 48.3 Å². The lowest BCUT2D eigenvalue weighted by atomic mass is 10.1. The monoisotopic (exact) mass is 462 g/mol. The second-order valence-corrected chi connectivity index (χ2v) is 6.77. The first-order chi connectivity index (χ1) is 15.8. The Morgan fingerprint density at radius 2 is 1.64 bits per heavy atom. The highest BCUT2D eigenvalue weighted by Gasteiger charge is 2.32. The normalized spacial score (nSPS) is 14.5. The van der Waals surface area contributed by atoms with E-state index in [0.29, 0.717) is 30.0 Å². The van der Waals surface area contributed by atoms with Crippen molar-refractivity contribution in [3.63, 3.8) is 0 Å². The average molecular weight is 463 g/mol. The smallest absolute Gasteiger partial charge is 0.286 e. The van der Waals surface area contributed by atoms with Crippen LogP contribution in [0.5, 0.6) is 0 Å². The van der Waals surface area contributed by atoms with Gasteiger partial charge in [0.15, 0.2) is 6.29 Å². The van der Waals surface area contributed by atoms with Crippen LogP contribution < -0.4 is 5.73 Å². The molecule has 0 radical (unpaired) electrons. The fourth-order valence-electron chi connectivity index (χ4n) is 2.83. The number of hydrogen-bond donors (Lipinski definition) is 1. The molecular weight excluding hydrogens is 430 g/mol. The minimum absolute atomic E-state index is 0.0312. The molecule has 33 heavy (non-hydrogen) atoms. The number of halogens is 2. The van der Waals surface area contributed by atoms with Gasteiger partial charge in [0.2, 0.25) is 5.82 Å². The van der Waals surface area contributed by atoms with Gasteiger partial charge < -0.3 is 10.6 Å². The molecule has 10 heteroatoms. The zero-order valence-electron chi connectivity index (χ0n) is 19.8. The van der Waals surface area contributed by atoms with Crippen molar-refractivity contribution in [2.24, 2.45) is 5.73 Å². The first kappa shape index (κ1) is 27.8. The minimum Gasteiger partial charge on any atom is -0.363 e. The third-order valence-electron chi connectivity index (χ3n) is 4.54. The highest BCUT2D eigenvalue weighted by atomic mass is 19.3. The summed E-state index contributed by atoms with van der Waals surface area (Å²) < 4.78 is 26.5. The molecule has 8 nitrogen and oxygen atoms in total. The van der Waals surface area contributed by atoms with E-state index in [4.69, 9.17) is 5.73 Å². The van der Waals surface area contributed by atoms with Crippen molar-refractivity contribution in [1.29, 1.82) is 0 Å².